The second-order valence-corrected chi connectivity index (χ2v) is 7.85. The highest BCUT2D eigenvalue weighted by Gasteiger charge is 2.21. The molecule has 1 heterocycles. The molecule has 1 aromatic carbocycles. The van der Waals surface area contributed by atoms with Crippen LogP contribution in [0.15, 0.2) is 17.0 Å². The minimum absolute atomic E-state index is 0.0269. The molecule has 25 heavy (non-hydrogen) atoms. The minimum atomic E-state index is -3.84. The zero-order valence-corrected chi connectivity index (χ0v) is 15.5. The molecule has 0 radical (unpaired) electrons. The molecule has 2 rings (SSSR count). The van der Waals surface area contributed by atoms with Crippen molar-refractivity contribution in [3.05, 3.63) is 23.3 Å². The number of hydrogen-bond acceptors (Lipinski definition) is 5. The van der Waals surface area contributed by atoms with Crippen molar-refractivity contribution in [2.24, 2.45) is 5.14 Å². The van der Waals surface area contributed by atoms with Crippen LogP contribution in [0.4, 0.5) is 5.69 Å². The van der Waals surface area contributed by atoms with E-state index in [0.29, 0.717) is 31.9 Å². The lowest BCUT2D eigenvalue weighted by Crippen LogP contribution is -2.49. The number of amides is 2. The third kappa shape index (κ3) is 5.00. The van der Waals surface area contributed by atoms with Crippen molar-refractivity contribution in [3.8, 4) is 0 Å². The van der Waals surface area contributed by atoms with Gasteiger partial charge in [-0.15, -0.1) is 0 Å². The summed E-state index contributed by atoms with van der Waals surface area (Å²) in [5, 5.41) is 7.95. The number of nitrogens with zero attached hydrogens (tertiary/aromatic N) is 2. The summed E-state index contributed by atoms with van der Waals surface area (Å²) in [5.74, 6) is -0.194. The average Bonchev–Trinajstić information content (AvgIpc) is 2.51. The lowest BCUT2D eigenvalue weighted by atomic mass is 10.1. The molecule has 0 atom stereocenters. The fourth-order valence-electron chi connectivity index (χ4n) is 2.73. The van der Waals surface area contributed by atoms with Gasteiger partial charge in [0.1, 0.15) is 0 Å². The number of primary sulfonamides is 1. The Bertz CT molecular complexity index is 784. The summed E-state index contributed by atoms with van der Waals surface area (Å²) in [6, 6.07) is 2.87. The lowest BCUT2D eigenvalue weighted by molar-refractivity contribution is -0.130. The molecule has 0 saturated carbocycles. The Morgan fingerprint density at radius 3 is 2.28 bits per heavy atom. The van der Waals surface area contributed by atoms with Crippen molar-refractivity contribution in [1.82, 2.24) is 9.80 Å². The maximum Gasteiger partial charge on any atom is 0.238 e. The Hall–Kier alpha value is -1.97. The van der Waals surface area contributed by atoms with E-state index in [9.17, 15) is 18.0 Å². The summed E-state index contributed by atoms with van der Waals surface area (Å²) in [4.78, 5) is 27.3. The van der Waals surface area contributed by atoms with Crippen molar-refractivity contribution < 1.29 is 18.0 Å². The number of rotatable bonds is 4. The number of hydrogen-bond donors (Lipinski definition) is 2. The van der Waals surface area contributed by atoms with Crippen LogP contribution in [-0.2, 0) is 19.6 Å². The number of anilines is 1. The normalized spacial score (nSPS) is 15.9. The summed E-state index contributed by atoms with van der Waals surface area (Å²) in [7, 11) is -3.84. The summed E-state index contributed by atoms with van der Waals surface area (Å²) >= 11 is 0. The van der Waals surface area contributed by atoms with Gasteiger partial charge in [-0.05, 0) is 37.1 Å². The van der Waals surface area contributed by atoms with E-state index >= 15 is 0 Å². The first kappa shape index (κ1) is 19.4. The van der Waals surface area contributed by atoms with Crippen LogP contribution < -0.4 is 10.5 Å². The van der Waals surface area contributed by atoms with Crippen molar-refractivity contribution in [2.75, 3.05) is 38.0 Å². The second kappa shape index (κ2) is 7.51. The molecular weight excluding hydrogens is 344 g/mol. The fraction of sp³-hybridized carbons (Fsp3) is 0.500. The highest BCUT2D eigenvalue weighted by molar-refractivity contribution is 7.89. The summed E-state index contributed by atoms with van der Waals surface area (Å²) in [5.41, 5.74) is 1.97. The van der Waals surface area contributed by atoms with Crippen LogP contribution in [-0.4, -0.2) is 62.8 Å². The van der Waals surface area contributed by atoms with Crippen LogP contribution in [0.3, 0.4) is 0 Å². The number of nitrogens with two attached hydrogens (primary N) is 1. The molecule has 1 saturated heterocycles. The number of carbonyl (C=O) groups is 2. The van der Waals surface area contributed by atoms with Gasteiger partial charge in [0.05, 0.1) is 11.4 Å². The molecule has 1 aliphatic heterocycles. The van der Waals surface area contributed by atoms with Gasteiger partial charge in [-0.2, -0.15) is 0 Å². The van der Waals surface area contributed by atoms with E-state index in [2.05, 4.69) is 5.32 Å². The van der Waals surface area contributed by atoms with E-state index in [4.69, 9.17) is 5.14 Å². The van der Waals surface area contributed by atoms with Crippen LogP contribution >= 0.6 is 0 Å². The van der Waals surface area contributed by atoms with E-state index < -0.39 is 10.0 Å². The largest absolute Gasteiger partial charge is 0.340 e. The third-order valence-electron chi connectivity index (χ3n) is 4.43. The smallest absolute Gasteiger partial charge is 0.238 e. The summed E-state index contributed by atoms with van der Waals surface area (Å²) in [6.07, 6.45) is 0. The van der Waals surface area contributed by atoms with E-state index in [0.717, 1.165) is 11.1 Å². The second-order valence-electron chi connectivity index (χ2n) is 6.29. The molecule has 0 spiro atoms. The highest BCUT2D eigenvalue weighted by atomic mass is 32.2. The molecule has 1 aromatic rings. The van der Waals surface area contributed by atoms with Gasteiger partial charge in [0, 0.05) is 38.8 Å². The molecule has 0 aliphatic carbocycles. The van der Waals surface area contributed by atoms with Gasteiger partial charge in [0.2, 0.25) is 21.8 Å². The monoisotopic (exact) mass is 368 g/mol. The Morgan fingerprint density at radius 1 is 1.16 bits per heavy atom. The molecule has 0 unspecified atom stereocenters. The SMILES string of the molecule is CC(=O)N1CCN(CC(=O)Nc2cc(S(N)(=O)=O)cc(C)c2C)CC1. The molecule has 9 heteroatoms. The molecule has 1 fully saturated rings. The predicted octanol–water partition coefficient (Wildman–Crippen LogP) is 0.0534. The van der Waals surface area contributed by atoms with E-state index in [-0.39, 0.29) is 23.3 Å². The van der Waals surface area contributed by atoms with Gasteiger partial charge >= 0.3 is 0 Å². The van der Waals surface area contributed by atoms with E-state index in [1.807, 2.05) is 11.8 Å². The maximum atomic E-state index is 12.3. The Labute approximate surface area is 148 Å². The number of piperazine rings is 1. The number of benzene rings is 1. The summed E-state index contributed by atoms with van der Waals surface area (Å²) < 4.78 is 23.1. The molecule has 2 amide bonds. The number of sulfonamides is 1. The van der Waals surface area contributed by atoms with Crippen LogP contribution in [0.1, 0.15) is 18.1 Å². The number of nitrogens with one attached hydrogen (secondary N) is 1. The molecule has 3 N–H and O–H groups in total. The molecule has 0 bridgehead atoms. The standard InChI is InChI=1S/C16H24N4O4S/c1-11-8-14(25(17,23)24)9-15(12(11)2)18-16(22)10-19-4-6-20(7-5-19)13(3)21/h8-9H,4-7,10H2,1-3H3,(H,18,22)(H2,17,23,24). The highest BCUT2D eigenvalue weighted by Crippen LogP contribution is 2.23. The average molecular weight is 368 g/mol. The van der Waals surface area contributed by atoms with Gasteiger partial charge in [0.15, 0.2) is 0 Å². The molecule has 8 nitrogen and oxygen atoms in total. The van der Waals surface area contributed by atoms with Gasteiger partial charge in [-0.3, -0.25) is 14.5 Å². The van der Waals surface area contributed by atoms with Gasteiger partial charge in [-0.25, -0.2) is 13.6 Å². The summed E-state index contributed by atoms with van der Waals surface area (Å²) in [6.45, 7) is 7.74. The molecule has 0 aromatic heterocycles. The molecule has 1 aliphatic rings. The zero-order chi connectivity index (χ0) is 18.8. The Balaban J connectivity index is 2.04. The quantitative estimate of drug-likeness (QED) is 0.780. The van der Waals surface area contributed by atoms with Crippen LogP contribution in [0, 0.1) is 13.8 Å². The van der Waals surface area contributed by atoms with Gasteiger partial charge in [-0.1, -0.05) is 0 Å². The molecular formula is C16H24N4O4S. The lowest BCUT2D eigenvalue weighted by Gasteiger charge is -2.33. The molecule has 138 valence electrons. The van der Waals surface area contributed by atoms with Crippen molar-refractivity contribution in [1.29, 1.82) is 0 Å². The van der Waals surface area contributed by atoms with Crippen LogP contribution in [0.25, 0.3) is 0 Å². The van der Waals surface area contributed by atoms with Crippen molar-refractivity contribution >= 4 is 27.5 Å². The van der Waals surface area contributed by atoms with Gasteiger partial charge < -0.3 is 10.2 Å². The first-order valence-electron chi connectivity index (χ1n) is 7.99. The number of carbonyl (C=O) groups excluding carboxylic acids is 2. The predicted molar refractivity (Wildman–Crippen MR) is 94.6 cm³/mol. The van der Waals surface area contributed by atoms with Crippen LogP contribution in [0.2, 0.25) is 0 Å². The van der Waals surface area contributed by atoms with Crippen LogP contribution in [0.5, 0.6) is 0 Å². The zero-order valence-electron chi connectivity index (χ0n) is 14.7. The first-order chi connectivity index (χ1) is 11.6. The third-order valence-corrected chi connectivity index (χ3v) is 5.32. The van der Waals surface area contributed by atoms with Crippen molar-refractivity contribution in [2.45, 2.75) is 25.7 Å². The Kier molecular flexibility index (Phi) is 5.81. The van der Waals surface area contributed by atoms with Gasteiger partial charge in [0.25, 0.3) is 0 Å². The first-order valence-corrected chi connectivity index (χ1v) is 9.54. The van der Waals surface area contributed by atoms with Crippen molar-refractivity contribution in [3.63, 3.8) is 0 Å². The van der Waals surface area contributed by atoms with E-state index in [1.54, 1.807) is 11.8 Å². The minimum Gasteiger partial charge on any atom is -0.340 e. The number of aryl methyl sites for hydroxylation is 1. The Morgan fingerprint density at radius 2 is 1.76 bits per heavy atom. The van der Waals surface area contributed by atoms with E-state index in [1.165, 1.54) is 19.1 Å². The topological polar surface area (TPSA) is 113 Å². The fourth-order valence-corrected chi connectivity index (χ4v) is 3.36. The maximum absolute atomic E-state index is 12.3.